The van der Waals surface area contributed by atoms with Crippen molar-refractivity contribution in [1.82, 2.24) is 0 Å². The van der Waals surface area contributed by atoms with E-state index in [1.165, 1.54) is 5.56 Å². The summed E-state index contributed by atoms with van der Waals surface area (Å²) in [5.74, 6) is 0. The van der Waals surface area contributed by atoms with Crippen LogP contribution < -0.4 is 0 Å². The number of benzene rings is 2. The zero-order chi connectivity index (χ0) is 13.2. The molecule has 0 aliphatic heterocycles. The summed E-state index contributed by atoms with van der Waals surface area (Å²) in [5, 5.41) is 0. The van der Waals surface area contributed by atoms with Crippen LogP contribution in [0.5, 0.6) is 0 Å². The molecule has 0 fully saturated rings. The van der Waals surface area contributed by atoms with E-state index >= 15 is 0 Å². The summed E-state index contributed by atoms with van der Waals surface area (Å²) < 4.78 is 0. The Morgan fingerprint density at radius 3 is 1.11 bits per heavy atom. The summed E-state index contributed by atoms with van der Waals surface area (Å²) >= 11 is 0. The van der Waals surface area contributed by atoms with Crippen molar-refractivity contribution in [3.63, 3.8) is 0 Å². The molecule has 1 heteroatoms. The van der Waals surface area contributed by atoms with Gasteiger partial charge in [0.1, 0.15) is 0 Å². The Labute approximate surface area is 129 Å². The molecule has 0 atom stereocenters. The van der Waals surface area contributed by atoms with Crippen molar-refractivity contribution in [1.29, 1.82) is 0 Å². The molecule has 0 nitrogen and oxygen atoms in total. The Morgan fingerprint density at radius 1 is 0.526 bits per heavy atom. The van der Waals surface area contributed by atoms with Gasteiger partial charge in [-0.05, 0) is 16.7 Å². The van der Waals surface area contributed by atoms with Gasteiger partial charge in [-0.25, -0.2) is 0 Å². The van der Waals surface area contributed by atoms with E-state index in [2.05, 4.69) is 19.7 Å². The van der Waals surface area contributed by atoms with Crippen molar-refractivity contribution in [2.75, 3.05) is 0 Å². The predicted octanol–water partition coefficient (Wildman–Crippen LogP) is 5.30. The van der Waals surface area contributed by atoms with E-state index in [1.807, 2.05) is 72.8 Å². The SMILES string of the molecule is C=Cc1ccc(C=C)cc1.C=Cc1ccccc1.[Pd]. The molecule has 0 aliphatic rings. The van der Waals surface area contributed by atoms with Crippen LogP contribution in [0.1, 0.15) is 16.7 Å². The normalized spacial score (nSPS) is 8.21. The van der Waals surface area contributed by atoms with Crippen LogP contribution >= 0.6 is 0 Å². The predicted molar refractivity (Wildman–Crippen MR) is 83.2 cm³/mol. The standard InChI is InChI=1S/C10H10.C8H8.Pd/c1-3-9-5-7-10(4-2)8-6-9;1-2-8-6-4-3-5-7-8;/h3-8H,1-2H2;2-7H,1H2;. The summed E-state index contributed by atoms with van der Waals surface area (Å²) in [7, 11) is 0. The molecular formula is C18H18Pd. The third-order valence-electron chi connectivity index (χ3n) is 2.44. The third kappa shape index (κ3) is 6.72. The van der Waals surface area contributed by atoms with Gasteiger partial charge in [0.15, 0.2) is 0 Å². The van der Waals surface area contributed by atoms with E-state index in [0.29, 0.717) is 0 Å². The first kappa shape index (κ1) is 17.3. The summed E-state index contributed by atoms with van der Waals surface area (Å²) in [4.78, 5) is 0. The topological polar surface area (TPSA) is 0 Å². The van der Waals surface area contributed by atoms with E-state index in [4.69, 9.17) is 0 Å². The number of hydrogen-bond donors (Lipinski definition) is 0. The number of rotatable bonds is 3. The van der Waals surface area contributed by atoms with Gasteiger partial charge in [-0.2, -0.15) is 0 Å². The van der Waals surface area contributed by atoms with Gasteiger partial charge in [0.25, 0.3) is 0 Å². The molecular weight excluding hydrogens is 323 g/mol. The van der Waals surface area contributed by atoms with Crippen molar-refractivity contribution >= 4 is 18.2 Å². The molecule has 0 spiro atoms. The molecule has 0 bridgehead atoms. The maximum atomic E-state index is 3.66. The van der Waals surface area contributed by atoms with Crippen LogP contribution in [0.3, 0.4) is 0 Å². The Hall–Kier alpha value is -1.68. The van der Waals surface area contributed by atoms with Gasteiger partial charge >= 0.3 is 0 Å². The van der Waals surface area contributed by atoms with Crippen molar-refractivity contribution in [2.24, 2.45) is 0 Å². The van der Waals surface area contributed by atoms with Crippen molar-refractivity contribution in [2.45, 2.75) is 0 Å². The molecule has 0 N–H and O–H groups in total. The minimum Gasteiger partial charge on any atom is -0.0985 e. The van der Waals surface area contributed by atoms with Crippen LogP contribution in [0, 0.1) is 0 Å². The second-order valence-electron chi connectivity index (χ2n) is 3.69. The molecule has 0 saturated carbocycles. The third-order valence-corrected chi connectivity index (χ3v) is 2.44. The van der Waals surface area contributed by atoms with Crippen LogP contribution in [0.15, 0.2) is 74.3 Å². The Morgan fingerprint density at radius 2 is 0.842 bits per heavy atom. The van der Waals surface area contributed by atoms with Crippen LogP contribution in [0.2, 0.25) is 0 Å². The molecule has 0 aromatic heterocycles. The first-order chi connectivity index (χ1) is 8.80. The molecule has 2 rings (SSSR count). The van der Waals surface area contributed by atoms with Crippen LogP contribution in [0.25, 0.3) is 18.2 Å². The van der Waals surface area contributed by atoms with Crippen molar-refractivity contribution in [3.05, 3.63) is 91.0 Å². The molecule has 0 amide bonds. The largest absolute Gasteiger partial charge is 0.0985 e. The molecule has 2 aromatic rings. The van der Waals surface area contributed by atoms with E-state index in [-0.39, 0.29) is 20.4 Å². The quantitative estimate of drug-likeness (QED) is 0.665. The average molecular weight is 341 g/mol. The smallest absolute Gasteiger partial charge is 0 e. The van der Waals surface area contributed by atoms with E-state index < -0.39 is 0 Å². The van der Waals surface area contributed by atoms with Crippen LogP contribution in [-0.4, -0.2) is 0 Å². The fourth-order valence-corrected chi connectivity index (χ4v) is 1.36. The van der Waals surface area contributed by atoms with Gasteiger partial charge in [0.2, 0.25) is 0 Å². The van der Waals surface area contributed by atoms with Gasteiger partial charge in [0.05, 0.1) is 0 Å². The molecule has 0 unspecified atom stereocenters. The molecule has 0 aliphatic carbocycles. The zero-order valence-corrected chi connectivity index (χ0v) is 12.4. The van der Waals surface area contributed by atoms with Gasteiger partial charge < -0.3 is 0 Å². The molecule has 0 heterocycles. The Balaban J connectivity index is 0.000000331. The maximum Gasteiger partial charge on any atom is 0 e. The van der Waals surface area contributed by atoms with Gasteiger partial charge in [-0.1, -0.05) is 92.6 Å². The molecule has 100 valence electrons. The monoisotopic (exact) mass is 340 g/mol. The van der Waals surface area contributed by atoms with Gasteiger partial charge in [0, 0.05) is 20.4 Å². The Bertz CT molecular complexity index is 468. The zero-order valence-electron chi connectivity index (χ0n) is 10.9. The van der Waals surface area contributed by atoms with Gasteiger partial charge in [-0.3, -0.25) is 0 Å². The number of hydrogen-bond acceptors (Lipinski definition) is 0. The molecule has 0 saturated heterocycles. The summed E-state index contributed by atoms with van der Waals surface area (Å²) in [5.41, 5.74) is 3.46. The summed E-state index contributed by atoms with van der Waals surface area (Å²) in [6, 6.07) is 18.1. The fraction of sp³-hybridized carbons (Fsp3) is 0. The van der Waals surface area contributed by atoms with E-state index in [0.717, 1.165) is 11.1 Å². The van der Waals surface area contributed by atoms with Crippen LogP contribution in [0.4, 0.5) is 0 Å². The summed E-state index contributed by atoms with van der Waals surface area (Å²) in [6.07, 6.45) is 5.49. The van der Waals surface area contributed by atoms with Crippen molar-refractivity contribution < 1.29 is 20.4 Å². The van der Waals surface area contributed by atoms with Gasteiger partial charge in [-0.15, -0.1) is 0 Å². The minimum absolute atomic E-state index is 0. The minimum atomic E-state index is 0. The summed E-state index contributed by atoms with van der Waals surface area (Å²) in [6.45, 7) is 11.0. The fourth-order valence-electron chi connectivity index (χ4n) is 1.36. The second kappa shape index (κ2) is 10.3. The van der Waals surface area contributed by atoms with E-state index in [9.17, 15) is 0 Å². The Kier molecular flexibility index (Phi) is 9.36. The van der Waals surface area contributed by atoms with Crippen LogP contribution in [-0.2, 0) is 20.4 Å². The van der Waals surface area contributed by atoms with Crippen molar-refractivity contribution in [3.8, 4) is 0 Å². The first-order valence-corrected chi connectivity index (χ1v) is 5.82. The molecule has 0 radical (unpaired) electrons. The second-order valence-corrected chi connectivity index (χ2v) is 3.69. The van der Waals surface area contributed by atoms with E-state index in [1.54, 1.807) is 0 Å². The molecule has 19 heavy (non-hydrogen) atoms. The average Bonchev–Trinajstić information content (AvgIpc) is 2.49. The molecule has 2 aromatic carbocycles. The first-order valence-electron chi connectivity index (χ1n) is 5.82. The maximum absolute atomic E-state index is 3.66.